The third kappa shape index (κ3) is 4.91. The van der Waals surface area contributed by atoms with Crippen LogP contribution in [0.5, 0.6) is 0 Å². The maximum absolute atomic E-state index is 12.8. The first-order valence-corrected chi connectivity index (χ1v) is 12.1. The van der Waals surface area contributed by atoms with Crippen molar-refractivity contribution in [2.45, 2.75) is 36.9 Å². The minimum Gasteiger partial charge on any atom is -0.479 e. The quantitative estimate of drug-likeness (QED) is 0.500. The van der Waals surface area contributed by atoms with Gasteiger partial charge in [0.2, 0.25) is 5.78 Å². The molecule has 5 atom stereocenters. The van der Waals surface area contributed by atoms with Gasteiger partial charge >= 0.3 is 0 Å². The van der Waals surface area contributed by atoms with E-state index in [1.54, 1.807) is 36.1 Å². The molecule has 2 N–H and O–H groups in total. The van der Waals surface area contributed by atoms with Crippen molar-refractivity contribution in [1.82, 2.24) is 0 Å². The van der Waals surface area contributed by atoms with Gasteiger partial charge in [-0.25, -0.2) is 0 Å². The Kier molecular flexibility index (Phi) is 7.51. The molecule has 3 rings (SSSR count). The van der Waals surface area contributed by atoms with E-state index < -0.39 is 17.8 Å². The molecule has 0 aliphatic carbocycles. The molecule has 0 bridgehead atoms. The van der Waals surface area contributed by atoms with Crippen LogP contribution < -0.4 is 0 Å². The van der Waals surface area contributed by atoms with Gasteiger partial charge in [0.1, 0.15) is 5.76 Å². The van der Waals surface area contributed by atoms with Crippen LogP contribution in [0, 0.1) is 5.92 Å². The number of thiophene rings is 1. The number of ketones is 1. The molecule has 0 saturated carbocycles. The number of carbonyl (C=O) groups excluding carboxylic acids is 1. The molecule has 4 nitrogen and oxygen atoms in total. The fourth-order valence-electron chi connectivity index (χ4n) is 3.31. The molecule has 0 amide bonds. The lowest BCUT2D eigenvalue weighted by molar-refractivity contribution is -0.129. The van der Waals surface area contributed by atoms with Crippen molar-refractivity contribution in [2.24, 2.45) is 5.92 Å². The van der Waals surface area contributed by atoms with Crippen LogP contribution in [0.1, 0.15) is 30.2 Å². The predicted octanol–water partition coefficient (Wildman–Crippen LogP) is 4.21. The van der Waals surface area contributed by atoms with Gasteiger partial charge in [0.15, 0.2) is 5.60 Å². The van der Waals surface area contributed by atoms with Crippen LogP contribution in [0.2, 0.25) is 0 Å². The number of thiol groups is 1. The number of ether oxygens (including phenoxy) is 1. The molecule has 2 heterocycles. The Bertz CT molecular complexity index is 837. The first kappa shape index (κ1) is 22.4. The van der Waals surface area contributed by atoms with E-state index in [2.05, 4.69) is 18.0 Å². The van der Waals surface area contributed by atoms with E-state index in [-0.39, 0.29) is 22.7 Å². The highest BCUT2D eigenvalue weighted by atomic mass is 32.2. The SMILES string of the molecule is CC(C1=CC(=O)C(C)(c2ccccc2)O1)C(SC[C@@H](O)[C@H](O)CS)c1ccsc1. The second-order valence-corrected chi connectivity index (χ2v) is 9.65. The van der Waals surface area contributed by atoms with E-state index in [0.717, 1.165) is 11.1 Å². The highest BCUT2D eigenvalue weighted by Crippen LogP contribution is 2.45. The standard InChI is InChI=1S/C22H26O4S3/c1-14(19-10-20(25)22(2,26-19)16-6-4-3-5-7-16)21(15-8-9-28-12-15)29-13-18(24)17(23)11-27/h3-10,12,14,17-18,21,23-24,27H,11,13H2,1-2H3/t14?,17-,18-,21?,22?/m1/s1. The zero-order chi connectivity index (χ0) is 21.0. The average Bonchev–Trinajstić information content (AvgIpc) is 3.37. The number of benzene rings is 1. The molecule has 0 fully saturated rings. The molecule has 2 aromatic rings. The van der Waals surface area contributed by atoms with Crippen LogP contribution in [0.25, 0.3) is 0 Å². The Hall–Kier alpha value is -1.25. The van der Waals surface area contributed by atoms with E-state index in [1.807, 2.05) is 48.7 Å². The first-order chi connectivity index (χ1) is 13.9. The minimum atomic E-state index is -1.02. The van der Waals surface area contributed by atoms with Crippen molar-refractivity contribution in [3.8, 4) is 0 Å². The molecule has 1 aliphatic rings. The van der Waals surface area contributed by atoms with E-state index in [9.17, 15) is 15.0 Å². The molecule has 1 aromatic carbocycles. The number of hydrogen-bond acceptors (Lipinski definition) is 7. The van der Waals surface area contributed by atoms with Crippen molar-refractivity contribution in [3.05, 3.63) is 70.1 Å². The van der Waals surface area contributed by atoms with Crippen LogP contribution in [0.4, 0.5) is 0 Å². The van der Waals surface area contributed by atoms with Crippen LogP contribution in [-0.4, -0.2) is 39.7 Å². The summed E-state index contributed by atoms with van der Waals surface area (Å²) in [6, 6.07) is 11.6. The smallest absolute Gasteiger partial charge is 0.206 e. The monoisotopic (exact) mass is 450 g/mol. The number of aliphatic hydroxyl groups excluding tert-OH is 2. The fraction of sp³-hybridized carbons (Fsp3) is 0.409. The van der Waals surface area contributed by atoms with Gasteiger partial charge in [-0.3, -0.25) is 4.79 Å². The summed E-state index contributed by atoms with van der Waals surface area (Å²) in [5, 5.41) is 24.1. The normalized spacial score (nSPS) is 23.2. The second-order valence-electron chi connectivity index (χ2n) is 7.33. The Morgan fingerprint density at radius 1 is 1.21 bits per heavy atom. The molecular weight excluding hydrogens is 424 g/mol. The highest BCUT2D eigenvalue weighted by Gasteiger charge is 2.44. The third-order valence-corrected chi connectivity index (χ3v) is 7.89. The molecule has 3 unspecified atom stereocenters. The number of rotatable bonds is 9. The Labute approximate surface area is 185 Å². The molecule has 1 aliphatic heterocycles. The van der Waals surface area contributed by atoms with Gasteiger partial charge in [0.25, 0.3) is 0 Å². The lowest BCUT2D eigenvalue weighted by atomic mass is 9.92. The number of aliphatic hydroxyl groups is 2. The summed E-state index contributed by atoms with van der Waals surface area (Å²) in [4.78, 5) is 12.8. The number of allylic oxidation sites excluding steroid dienone is 1. The van der Waals surface area contributed by atoms with E-state index in [4.69, 9.17) is 4.74 Å². The summed E-state index contributed by atoms with van der Waals surface area (Å²) >= 11 is 7.21. The van der Waals surface area contributed by atoms with Gasteiger partial charge in [0.05, 0.1) is 12.2 Å². The van der Waals surface area contributed by atoms with Crippen LogP contribution in [-0.2, 0) is 15.1 Å². The maximum Gasteiger partial charge on any atom is 0.206 e. The summed E-state index contributed by atoms with van der Waals surface area (Å²) in [7, 11) is 0. The van der Waals surface area contributed by atoms with Crippen LogP contribution in [0.3, 0.4) is 0 Å². The molecular formula is C22H26O4S3. The Balaban J connectivity index is 1.79. The minimum absolute atomic E-state index is 0.0137. The molecule has 0 spiro atoms. The summed E-state index contributed by atoms with van der Waals surface area (Å²) in [6.45, 7) is 3.84. The summed E-state index contributed by atoms with van der Waals surface area (Å²) < 4.78 is 6.24. The van der Waals surface area contributed by atoms with E-state index in [0.29, 0.717) is 11.5 Å². The summed E-state index contributed by atoms with van der Waals surface area (Å²) in [5.41, 5.74) is 0.928. The van der Waals surface area contributed by atoms with Crippen molar-refractivity contribution in [2.75, 3.05) is 11.5 Å². The lowest BCUT2D eigenvalue weighted by Crippen LogP contribution is -2.31. The topological polar surface area (TPSA) is 66.8 Å². The molecule has 29 heavy (non-hydrogen) atoms. The highest BCUT2D eigenvalue weighted by molar-refractivity contribution is 7.99. The molecule has 156 valence electrons. The van der Waals surface area contributed by atoms with Crippen LogP contribution >= 0.6 is 35.7 Å². The maximum atomic E-state index is 12.8. The number of hydrogen-bond donors (Lipinski definition) is 3. The number of thioether (sulfide) groups is 1. The molecule has 0 saturated heterocycles. The third-order valence-electron chi connectivity index (χ3n) is 5.24. The Morgan fingerprint density at radius 2 is 1.93 bits per heavy atom. The van der Waals surface area contributed by atoms with Crippen molar-refractivity contribution >= 4 is 41.5 Å². The second kappa shape index (κ2) is 9.71. The zero-order valence-corrected chi connectivity index (χ0v) is 18.9. The fourth-order valence-corrected chi connectivity index (χ4v) is 5.73. The molecule has 7 heteroatoms. The van der Waals surface area contributed by atoms with Crippen molar-refractivity contribution < 1.29 is 19.7 Å². The zero-order valence-electron chi connectivity index (χ0n) is 16.4. The van der Waals surface area contributed by atoms with Gasteiger partial charge in [-0.1, -0.05) is 37.3 Å². The van der Waals surface area contributed by atoms with Gasteiger partial charge in [-0.15, -0.1) is 0 Å². The van der Waals surface area contributed by atoms with Crippen molar-refractivity contribution in [1.29, 1.82) is 0 Å². The van der Waals surface area contributed by atoms with Gasteiger partial charge < -0.3 is 14.9 Å². The van der Waals surface area contributed by atoms with Crippen LogP contribution in [0.15, 0.2) is 59.0 Å². The average molecular weight is 451 g/mol. The largest absolute Gasteiger partial charge is 0.479 e. The first-order valence-electron chi connectivity index (χ1n) is 9.48. The molecule has 1 aromatic heterocycles. The van der Waals surface area contributed by atoms with Gasteiger partial charge in [-0.05, 0) is 29.3 Å². The molecule has 0 radical (unpaired) electrons. The lowest BCUT2D eigenvalue weighted by Gasteiger charge is -2.29. The summed E-state index contributed by atoms with van der Waals surface area (Å²) in [5.74, 6) is 1.08. The van der Waals surface area contributed by atoms with Gasteiger partial charge in [0, 0.05) is 34.3 Å². The van der Waals surface area contributed by atoms with E-state index >= 15 is 0 Å². The predicted molar refractivity (Wildman–Crippen MR) is 123 cm³/mol. The van der Waals surface area contributed by atoms with E-state index in [1.165, 1.54) is 0 Å². The summed E-state index contributed by atoms with van der Waals surface area (Å²) in [6.07, 6.45) is -0.119. The number of carbonyl (C=O) groups is 1. The van der Waals surface area contributed by atoms with Gasteiger partial charge in [-0.2, -0.15) is 35.7 Å². The van der Waals surface area contributed by atoms with Crippen molar-refractivity contribution in [3.63, 3.8) is 0 Å². The Morgan fingerprint density at radius 3 is 2.55 bits per heavy atom.